The minimum absolute atomic E-state index is 0.106. The summed E-state index contributed by atoms with van der Waals surface area (Å²) in [5.41, 5.74) is 1.66. The number of amides is 1. The zero-order valence-electron chi connectivity index (χ0n) is 11.3. The molecule has 0 saturated carbocycles. The molecule has 1 atom stereocenters. The van der Waals surface area contributed by atoms with Gasteiger partial charge in [-0.3, -0.25) is 0 Å². The van der Waals surface area contributed by atoms with Crippen LogP contribution in [0.15, 0.2) is 59.1 Å². The van der Waals surface area contributed by atoms with Crippen LogP contribution < -0.4 is 5.32 Å². The molecule has 2 rings (SSSR count). The van der Waals surface area contributed by atoms with E-state index in [1.807, 2.05) is 42.5 Å². The van der Waals surface area contributed by atoms with Crippen LogP contribution in [0.25, 0.3) is 0 Å². The van der Waals surface area contributed by atoms with E-state index >= 15 is 0 Å². The van der Waals surface area contributed by atoms with Gasteiger partial charge in [-0.05, 0) is 23.3 Å². The van der Waals surface area contributed by atoms with E-state index in [0.29, 0.717) is 0 Å². The number of carbonyl (C=O) groups is 1. The molecule has 4 nitrogen and oxygen atoms in total. The lowest BCUT2D eigenvalue weighted by atomic mass is 10.1. The van der Waals surface area contributed by atoms with Crippen molar-refractivity contribution in [1.82, 2.24) is 5.32 Å². The quantitative estimate of drug-likeness (QED) is 0.869. The van der Waals surface area contributed by atoms with Crippen molar-refractivity contribution < 1.29 is 14.6 Å². The molecule has 21 heavy (non-hydrogen) atoms. The van der Waals surface area contributed by atoms with Gasteiger partial charge in [0.05, 0.1) is 12.6 Å². The molecule has 0 unspecified atom stereocenters. The number of carbonyl (C=O) groups excluding carboxylic acids is 1. The topological polar surface area (TPSA) is 58.6 Å². The van der Waals surface area contributed by atoms with Gasteiger partial charge in [0.25, 0.3) is 0 Å². The predicted molar refractivity (Wildman–Crippen MR) is 83.7 cm³/mol. The molecule has 0 bridgehead atoms. The third-order valence-electron chi connectivity index (χ3n) is 2.91. The Balaban J connectivity index is 1.74. The van der Waals surface area contributed by atoms with Gasteiger partial charge in [-0.2, -0.15) is 0 Å². The van der Waals surface area contributed by atoms with Crippen LogP contribution in [0.1, 0.15) is 17.2 Å². The predicted octanol–water partition coefficient (Wildman–Crippen LogP) is 3.41. The van der Waals surface area contributed by atoms with Gasteiger partial charge in [0.1, 0.15) is 6.61 Å². The van der Waals surface area contributed by atoms with Gasteiger partial charge in [0.15, 0.2) is 0 Å². The molecule has 0 aliphatic rings. The Labute approximate surface area is 131 Å². The fourth-order valence-corrected chi connectivity index (χ4v) is 2.02. The monoisotopic (exact) mass is 349 g/mol. The molecule has 110 valence electrons. The fraction of sp³-hybridized carbons (Fsp3) is 0.188. The molecule has 2 N–H and O–H groups in total. The summed E-state index contributed by atoms with van der Waals surface area (Å²) in [4.78, 5) is 11.6. The number of hydrogen-bond acceptors (Lipinski definition) is 3. The smallest absolute Gasteiger partial charge is 0.407 e. The highest BCUT2D eigenvalue weighted by atomic mass is 79.9. The summed E-state index contributed by atoms with van der Waals surface area (Å²) in [6.07, 6.45) is -1.31. The third kappa shape index (κ3) is 5.21. The Kier molecular flexibility index (Phi) is 5.78. The highest BCUT2D eigenvalue weighted by molar-refractivity contribution is 9.10. The summed E-state index contributed by atoms with van der Waals surface area (Å²) < 4.78 is 6.00. The SMILES string of the molecule is O=C(NC[C@@H](O)c1ccc(Br)cc1)OCc1ccccc1. The molecule has 1 amide bonds. The molecule has 0 radical (unpaired) electrons. The first-order chi connectivity index (χ1) is 10.1. The lowest BCUT2D eigenvalue weighted by Crippen LogP contribution is -2.28. The Morgan fingerprint density at radius 1 is 1.14 bits per heavy atom. The van der Waals surface area contributed by atoms with Crippen LogP contribution in [0.2, 0.25) is 0 Å². The van der Waals surface area contributed by atoms with E-state index in [2.05, 4.69) is 21.2 Å². The van der Waals surface area contributed by atoms with E-state index in [1.54, 1.807) is 12.1 Å². The average molecular weight is 350 g/mol. The van der Waals surface area contributed by atoms with E-state index < -0.39 is 12.2 Å². The van der Waals surface area contributed by atoms with Crippen molar-refractivity contribution in [2.75, 3.05) is 6.54 Å². The Bertz CT molecular complexity index is 572. The van der Waals surface area contributed by atoms with Crippen LogP contribution in [0.3, 0.4) is 0 Å². The zero-order valence-corrected chi connectivity index (χ0v) is 12.9. The van der Waals surface area contributed by atoms with Gasteiger partial charge in [0, 0.05) is 4.47 Å². The summed E-state index contributed by atoms with van der Waals surface area (Å²) >= 11 is 3.33. The second-order valence-electron chi connectivity index (χ2n) is 4.51. The lowest BCUT2D eigenvalue weighted by molar-refractivity contribution is 0.126. The van der Waals surface area contributed by atoms with Gasteiger partial charge < -0.3 is 15.2 Å². The van der Waals surface area contributed by atoms with Crippen molar-refractivity contribution in [3.8, 4) is 0 Å². The molecule has 0 aliphatic heterocycles. The van der Waals surface area contributed by atoms with E-state index in [9.17, 15) is 9.90 Å². The molecule has 2 aromatic carbocycles. The van der Waals surface area contributed by atoms with Crippen molar-refractivity contribution in [3.63, 3.8) is 0 Å². The minimum Gasteiger partial charge on any atom is -0.445 e. The summed E-state index contributed by atoms with van der Waals surface area (Å²) in [7, 11) is 0. The molecule has 0 aromatic heterocycles. The highest BCUT2D eigenvalue weighted by Crippen LogP contribution is 2.16. The van der Waals surface area contributed by atoms with Gasteiger partial charge in [-0.1, -0.05) is 58.4 Å². The van der Waals surface area contributed by atoms with Gasteiger partial charge >= 0.3 is 6.09 Å². The number of aliphatic hydroxyl groups is 1. The molecular weight excluding hydrogens is 334 g/mol. The highest BCUT2D eigenvalue weighted by Gasteiger charge is 2.10. The van der Waals surface area contributed by atoms with Crippen molar-refractivity contribution >= 4 is 22.0 Å². The molecule has 0 heterocycles. The first kappa shape index (κ1) is 15.5. The van der Waals surface area contributed by atoms with Gasteiger partial charge in [0.2, 0.25) is 0 Å². The fourth-order valence-electron chi connectivity index (χ4n) is 1.76. The second-order valence-corrected chi connectivity index (χ2v) is 5.43. The largest absolute Gasteiger partial charge is 0.445 e. The van der Waals surface area contributed by atoms with Gasteiger partial charge in [-0.15, -0.1) is 0 Å². The Morgan fingerprint density at radius 3 is 2.48 bits per heavy atom. The summed E-state index contributed by atoms with van der Waals surface area (Å²) in [6.45, 7) is 0.316. The number of ether oxygens (including phenoxy) is 1. The zero-order chi connectivity index (χ0) is 15.1. The maximum Gasteiger partial charge on any atom is 0.407 e. The summed E-state index contributed by atoms with van der Waals surface area (Å²) in [6, 6.07) is 16.7. The number of alkyl carbamates (subject to hydrolysis) is 1. The first-order valence-corrected chi connectivity index (χ1v) is 7.32. The van der Waals surface area contributed by atoms with E-state index in [4.69, 9.17) is 4.74 Å². The standard InChI is InChI=1S/C16H16BrNO3/c17-14-8-6-13(7-9-14)15(19)10-18-16(20)21-11-12-4-2-1-3-5-12/h1-9,15,19H,10-11H2,(H,18,20)/t15-/m1/s1. The number of nitrogens with one attached hydrogen (secondary N) is 1. The van der Waals surface area contributed by atoms with E-state index in [-0.39, 0.29) is 13.2 Å². The normalized spacial score (nSPS) is 11.7. The Hall–Kier alpha value is -1.85. The van der Waals surface area contributed by atoms with Crippen molar-refractivity contribution in [2.45, 2.75) is 12.7 Å². The van der Waals surface area contributed by atoms with Crippen molar-refractivity contribution in [3.05, 3.63) is 70.2 Å². The number of rotatable bonds is 5. The molecule has 0 fully saturated rings. The van der Waals surface area contributed by atoms with E-state index in [0.717, 1.165) is 15.6 Å². The van der Waals surface area contributed by atoms with Crippen LogP contribution in [0.5, 0.6) is 0 Å². The van der Waals surface area contributed by atoms with Crippen molar-refractivity contribution in [2.24, 2.45) is 0 Å². The summed E-state index contributed by atoms with van der Waals surface area (Å²) in [5, 5.41) is 12.5. The van der Waals surface area contributed by atoms with E-state index in [1.165, 1.54) is 0 Å². The number of hydrogen-bond donors (Lipinski definition) is 2. The van der Waals surface area contributed by atoms with Crippen LogP contribution in [0.4, 0.5) is 4.79 Å². The molecule has 0 spiro atoms. The second kappa shape index (κ2) is 7.81. The number of aliphatic hydroxyl groups excluding tert-OH is 1. The van der Waals surface area contributed by atoms with Crippen LogP contribution in [-0.4, -0.2) is 17.7 Å². The summed E-state index contributed by atoms with van der Waals surface area (Å²) in [5.74, 6) is 0. The number of benzene rings is 2. The molecule has 2 aromatic rings. The molecule has 0 aliphatic carbocycles. The maximum atomic E-state index is 11.6. The number of halogens is 1. The van der Waals surface area contributed by atoms with Crippen LogP contribution >= 0.6 is 15.9 Å². The van der Waals surface area contributed by atoms with Gasteiger partial charge in [-0.25, -0.2) is 4.79 Å². The lowest BCUT2D eigenvalue weighted by Gasteiger charge is -2.12. The minimum atomic E-state index is -0.762. The Morgan fingerprint density at radius 2 is 1.81 bits per heavy atom. The van der Waals surface area contributed by atoms with Crippen LogP contribution in [-0.2, 0) is 11.3 Å². The molecule has 5 heteroatoms. The molecule has 0 saturated heterocycles. The van der Waals surface area contributed by atoms with Crippen molar-refractivity contribution in [1.29, 1.82) is 0 Å². The maximum absolute atomic E-state index is 11.6. The first-order valence-electron chi connectivity index (χ1n) is 6.53. The molecular formula is C16H16BrNO3. The third-order valence-corrected chi connectivity index (χ3v) is 3.44. The van der Waals surface area contributed by atoms with Crippen LogP contribution in [0, 0.1) is 0 Å². The average Bonchev–Trinajstić information content (AvgIpc) is 2.52.